The number of carbonyl (C=O) groups excluding carboxylic acids is 3. The van der Waals surface area contributed by atoms with Crippen LogP contribution < -0.4 is 16.4 Å². The van der Waals surface area contributed by atoms with Gasteiger partial charge in [0.25, 0.3) is 0 Å². The number of nitrogens with two attached hydrogens (primary N) is 1. The number of thiol groups is 1. The molecule has 0 saturated carbocycles. The maximum atomic E-state index is 12.0. The van der Waals surface area contributed by atoms with Crippen LogP contribution in [-0.2, 0) is 23.9 Å². The number of carboxylic acid groups (broad SMARTS) is 1. The first-order chi connectivity index (χ1) is 12.0. The topological polar surface area (TPSA) is 148 Å². The van der Waals surface area contributed by atoms with E-state index in [9.17, 15) is 19.2 Å². The van der Waals surface area contributed by atoms with Crippen molar-refractivity contribution in [1.82, 2.24) is 10.6 Å². The fourth-order valence-electron chi connectivity index (χ4n) is 1.64. The minimum Gasteiger partial charge on any atom is -0.480 e. The molecule has 0 aromatic carbocycles. The van der Waals surface area contributed by atoms with Crippen molar-refractivity contribution >= 4 is 36.4 Å². The summed E-state index contributed by atoms with van der Waals surface area (Å²) in [6.07, 6.45) is -0.196. The minimum atomic E-state index is -1.20. The molecule has 150 valence electrons. The Morgan fingerprint density at radius 1 is 1.23 bits per heavy atom. The predicted octanol–water partition coefficient (Wildman–Crippen LogP) is -2.04. The lowest BCUT2D eigenvalue weighted by Gasteiger charge is -2.23. The summed E-state index contributed by atoms with van der Waals surface area (Å²) in [6, 6.07) is -2.10. The van der Waals surface area contributed by atoms with Crippen LogP contribution in [0.5, 0.6) is 0 Å². The number of nitrogens with zero attached hydrogens (tertiary/aromatic N) is 1. The van der Waals surface area contributed by atoms with Gasteiger partial charge >= 0.3 is 11.9 Å². The lowest BCUT2D eigenvalue weighted by Crippen LogP contribution is -2.49. The van der Waals surface area contributed by atoms with Crippen LogP contribution in [0, 0.1) is 0 Å². The first-order valence-electron chi connectivity index (χ1n) is 8.08. The molecule has 0 heterocycles. The average Bonchev–Trinajstić information content (AvgIpc) is 2.53. The fraction of sp³-hybridized carbons (Fsp3) is 0.733. The van der Waals surface area contributed by atoms with E-state index in [1.165, 1.54) is 0 Å². The molecule has 0 aromatic heterocycles. The summed E-state index contributed by atoms with van der Waals surface area (Å²) in [6.45, 7) is 0.544. The molecule has 0 aliphatic heterocycles. The van der Waals surface area contributed by atoms with E-state index in [0.717, 1.165) is 0 Å². The van der Waals surface area contributed by atoms with Crippen molar-refractivity contribution in [3.8, 4) is 0 Å². The highest BCUT2D eigenvalue weighted by Crippen LogP contribution is 1.97. The van der Waals surface area contributed by atoms with Crippen molar-refractivity contribution in [3.05, 3.63) is 0 Å². The summed E-state index contributed by atoms with van der Waals surface area (Å²) in [4.78, 5) is 45.9. The summed E-state index contributed by atoms with van der Waals surface area (Å²) in [5.74, 6) is -2.88. The zero-order valence-electron chi connectivity index (χ0n) is 15.4. The molecule has 0 aliphatic carbocycles. The van der Waals surface area contributed by atoms with Crippen LogP contribution >= 0.6 is 12.6 Å². The van der Waals surface area contributed by atoms with Crippen molar-refractivity contribution in [2.45, 2.75) is 24.9 Å². The SMILES string of the molecule is C[N+](C)(C)CCOC(=O)CNC(=O)[C@@H](CS)NC(=O)CC[C@H](N)C(=O)O. The van der Waals surface area contributed by atoms with Gasteiger partial charge in [-0.05, 0) is 6.42 Å². The maximum Gasteiger partial charge on any atom is 0.325 e. The number of hydrogen-bond donors (Lipinski definition) is 5. The van der Waals surface area contributed by atoms with Gasteiger partial charge < -0.3 is 30.7 Å². The third kappa shape index (κ3) is 11.7. The fourth-order valence-corrected chi connectivity index (χ4v) is 1.89. The van der Waals surface area contributed by atoms with Crippen LogP contribution in [0.25, 0.3) is 0 Å². The van der Waals surface area contributed by atoms with Crippen LogP contribution in [0.4, 0.5) is 0 Å². The number of quaternary nitrogens is 1. The van der Waals surface area contributed by atoms with Gasteiger partial charge in [-0.3, -0.25) is 19.2 Å². The highest BCUT2D eigenvalue weighted by molar-refractivity contribution is 7.80. The van der Waals surface area contributed by atoms with Crippen molar-refractivity contribution in [2.24, 2.45) is 5.73 Å². The second-order valence-electron chi connectivity index (χ2n) is 6.74. The molecular formula is C15H29N4O6S+. The Labute approximate surface area is 158 Å². The standard InChI is InChI=1S/C15H28N4O6S/c1-19(2,3)6-7-25-13(21)8-17-14(22)11(9-26)18-12(20)5-4-10(16)15(23)24/h10-11H,4-9,16H2,1-3H3,(H3-,17,18,20,22,23,24,26)/p+1/t10-,11+/m0/s1. The molecule has 26 heavy (non-hydrogen) atoms. The van der Waals surface area contributed by atoms with Gasteiger partial charge in [-0.25, -0.2) is 0 Å². The Morgan fingerprint density at radius 2 is 1.85 bits per heavy atom. The van der Waals surface area contributed by atoms with Gasteiger partial charge in [-0.2, -0.15) is 12.6 Å². The monoisotopic (exact) mass is 393 g/mol. The van der Waals surface area contributed by atoms with Gasteiger partial charge in [0, 0.05) is 12.2 Å². The summed E-state index contributed by atoms with van der Waals surface area (Å²) in [5, 5.41) is 13.4. The van der Waals surface area contributed by atoms with E-state index in [4.69, 9.17) is 15.6 Å². The smallest absolute Gasteiger partial charge is 0.325 e. The molecule has 5 N–H and O–H groups in total. The minimum absolute atomic E-state index is 0.0130. The van der Waals surface area contributed by atoms with E-state index < -0.39 is 35.8 Å². The molecule has 0 fully saturated rings. The number of esters is 1. The molecule has 0 rings (SSSR count). The zero-order chi connectivity index (χ0) is 20.3. The van der Waals surface area contributed by atoms with Crippen molar-refractivity contribution in [2.75, 3.05) is 46.6 Å². The zero-order valence-corrected chi connectivity index (χ0v) is 16.3. The summed E-state index contributed by atoms with van der Waals surface area (Å²) in [7, 11) is 5.87. The van der Waals surface area contributed by atoms with Crippen LogP contribution in [0.2, 0.25) is 0 Å². The van der Waals surface area contributed by atoms with Crippen LogP contribution in [0.3, 0.4) is 0 Å². The second-order valence-corrected chi connectivity index (χ2v) is 7.10. The number of likely N-dealkylation sites (N-methyl/N-ethyl adjacent to an activating group) is 1. The Hall–Kier alpha value is -1.85. The largest absolute Gasteiger partial charge is 0.480 e. The van der Waals surface area contributed by atoms with Crippen LogP contribution in [0.15, 0.2) is 0 Å². The molecule has 0 spiro atoms. The number of nitrogens with one attached hydrogen (secondary N) is 2. The molecule has 0 aliphatic rings. The molecule has 2 atom stereocenters. The normalized spacial score (nSPS) is 13.4. The average molecular weight is 393 g/mol. The number of hydrogen-bond acceptors (Lipinski definition) is 7. The van der Waals surface area contributed by atoms with Crippen LogP contribution in [0.1, 0.15) is 12.8 Å². The van der Waals surface area contributed by atoms with E-state index in [-0.39, 0.29) is 31.7 Å². The van der Waals surface area contributed by atoms with Gasteiger partial charge in [0.2, 0.25) is 11.8 Å². The van der Waals surface area contributed by atoms with Crippen molar-refractivity contribution in [3.63, 3.8) is 0 Å². The molecule has 11 heteroatoms. The quantitative estimate of drug-likeness (QED) is 0.146. The van der Waals surface area contributed by atoms with Crippen molar-refractivity contribution < 1.29 is 33.5 Å². The number of ether oxygens (including phenoxy) is 1. The van der Waals surface area contributed by atoms with Gasteiger partial charge in [-0.15, -0.1) is 0 Å². The van der Waals surface area contributed by atoms with Crippen LogP contribution in [-0.4, -0.2) is 92.0 Å². The number of carboxylic acids is 1. The number of aliphatic carboxylic acids is 1. The maximum absolute atomic E-state index is 12.0. The molecule has 0 radical (unpaired) electrons. The Kier molecular flexibility index (Phi) is 10.9. The molecule has 0 aromatic rings. The molecule has 0 bridgehead atoms. The van der Waals surface area contributed by atoms with Gasteiger partial charge in [0.15, 0.2) is 0 Å². The van der Waals surface area contributed by atoms with E-state index in [1.54, 1.807) is 0 Å². The van der Waals surface area contributed by atoms with Gasteiger partial charge in [0.05, 0.1) is 21.1 Å². The number of rotatable bonds is 12. The van der Waals surface area contributed by atoms with Gasteiger partial charge in [-0.1, -0.05) is 0 Å². The number of amides is 2. The number of carbonyl (C=O) groups is 4. The first-order valence-corrected chi connectivity index (χ1v) is 8.72. The molecule has 10 nitrogen and oxygen atoms in total. The molecule has 0 unspecified atom stereocenters. The highest BCUT2D eigenvalue weighted by atomic mass is 32.1. The lowest BCUT2D eigenvalue weighted by atomic mass is 10.1. The summed E-state index contributed by atoms with van der Waals surface area (Å²) >= 11 is 3.99. The summed E-state index contributed by atoms with van der Waals surface area (Å²) in [5.41, 5.74) is 5.31. The van der Waals surface area contributed by atoms with E-state index in [2.05, 4.69) is 23.3 Å². The van der Waals surface area contributed by atoms with E-state index in [1.807, 2.05) is 21.1 Å². The molecular weight excluding hydrogens is 364 g/mol. The van der Waals surface area contributed by atoms with E-state index in [0.29, 0.717) is 11.0 Å². The lowest BCUT2D eigenvalue weighted by molar-refractivity contribution is -0.870. The predicted molar refractivity (Wildman–Crippen MR) is 97.5 cm³/mol. The first kappa shape index (κ1) is 24.1. The molecule has 0 saturated heterocycles. The Balaban J connectivity index is 4.21. The van der Waals surface area contributed by atoms with E-state index >= 15 is 0 Å². The second kappa shape index (κ2) is 11.7. The Bertz CT molecular complexity index is 509. The Morgan fingerprint density at radius 3 is 2.35 bits per heavy atom. The third-order valence-corrected chi connectivity index (χ3v) is 3.63. The third-order valence-electron chi connectivity index (χ3n) is 3.27. The highest BCUT2D eigenvalue weighted by Gasteiger charge is 2.21. The van der Waals surface area contributed by atoms with Gasteiger partial charge in [0.1, 0.15) is 31.8 Å². The van der Waals surface area contributed by atoms with Crippen molar-refractivity contribution in [1.29, 1.82) is 0 Å². The molecule has 2 amide bonds. The summed E-state index contributed by atoms with van der Waals surface area (Å²) < 4.78 is 5.64.